The highest BCUT2D eigenvalue weighted by atomic mass is 32.1. The van der Waals surface area contributed by atoms with Crippen molar-refractivity contribution in [2.75, 3.05) is 0 Å². The van der Waals surface area contributed by atoms with E-state index in [2.05, 4.69) is 70.2 Å². The molecule has 158 valence electrons. The molecular weight excluding hydrogens is 436 g/mol. The smallest absolute Gasteiger partial charge is 0.0985 e. The Balaban J connectivity index is 1.62. The van der Waals surface area contributed by atoms with Gasteiger partial charge in [-0.2, -0.15) is 0 Å². The van der Waals surface area contributed by atoms with Crippen LogP contribution in [0, 0.1) is 0 Å². The first-order valence-electron chi connectivity index (χ1n) is 11.2. The summed E-state index contributed by atoms with van der Waals surface area (Å²) in [5.41, 5.74) is 6.21. The van der Waals surface area contributed by atoms with Gasteiger partial charge in [-0.25, -0.2) is 0 Å². The van der Waals surface area contributed by atoms with Gasteiger partial charge in [0.15, 0.2) is 0 Å². The fourth-order valence-electron chi connectivity index (χ4n) is 5.30. The van der Waals surface area contributed by atoms with Crippen LogP contribution in [0.25, 0.3) is 69.6 Å². The topological polar surface area (TPSA) is 43.6 Å². The van der Waals surface area contributed by atoms with Gasteiger partial charge in [0.2, 0.25) is 0 Å². The molecule has 8 rings (SSSR count). The molecular formula is C29H16N4S. The van der Waals surface area contributed by atoms with Crippen LogP contribution in [0.15, 0.2) is 97.5 Å². The van der Waals surface area contributed by atoms with Gasteiger partial charge in [-0.1, -0.05) is 30.3 Å². The third kappa shape index (κ3) is 2.29. The van der Waals surface area contributed by atoms with E-state index in [4.69, 9.17) is 9.97 Å². The van der Waals surface area contributed by atoms with E-state index in [-0.39, 0.29) is 0 Å². The highest BCUT2D eigenvalue weighted by molar-refractivity contribution is 7.26. The molecule has 0 N–H and O–H groups in total. The lowest BCUT2D eigenvalue weighted by molar-refractivity contribution is 1.19. The van der Waals surface area contributed by atoms with Gasteiger partial charge in [0.05, 0.1) is 33.3 Å². The van der Waals surface area contributed by atoms with Crippen molar-refractivity contribution in [1.82, 2.24) is 19.5 Å². The quantitative estimate of drug-likeness (QED) is 0.240. The van der Waals surface area contributed by atoms with Crippen LogP contribution in [0.4, 0.5) is 0 Å². The largest absolute Gasteiger partial charge is 0.307 e. The molecule has 0 radical (unpaired) electrons. The molecule has 0 aliphatic carbocycles. The molecule has 0 bridgehead atoms. The maximum atomic E-state index is 4.88. The SMILES string of the molecule is c1cnc2c(c1)cc(-n1c3cccnc3c3c4sc5ccccc5c4ccc31)c1cccnc12. The lowest BCUT2D eigenvalue weighted by Crippen LogP contribution is -1.97. The lowest BCUT2D eigenvalue weighted by Gasteiger charge is -2.13. The fraction of sp³-hybridized carbons (Fsp3) is 0. The van der Waals surface area contributed by atoms with Gasteiger partial charge in [0.1, 0.15) is 0 Å². The number of hydrogen-bond donors (Lipinski definition) is 0. The average molecular weight is 453 g/mol. The summed E-state index contributed by atoms with van der Waals surface area (Å²) in [6.45, 7) is 0. The highest BCUT2D eigenvalue weighted by Crippen LogP contribution is 2.43. The zero-order valence-corrected chi connectivity index (χ0v) is 18.8. The molecule has 0 fully saturated rings. The zero-order valence-electron chi connectivity index (χ0n) is 17.9. The van der Waals surface area contributed by atoms with Crippen molar-refractivity contribution >= 4 is 75.3 Å². The minimum atomic E-state index is 0.914. The van der Waals surface area contributed by atoms with Gasteiger partial charge in [-0.15, -0.1) is 11.3 Å². The Morgan fingerprint density at radius 1 is 0.588 bits per heavy atom. The molecule has 0 amide bonds. The van der Waals surface area contributed by atoms with E-state index in [9.17, 15) is 0 Å². The van der Waals surface area contributed by atoms with Crippen LogP contribution in [-0.2, 0) is 0 Å². The van der Waals surface area contributed by atoms with Crippen LogP contribution in [0.1, 0.15) is 0 Å². The third-order valence-electron chi connectivity index (χ3n) is 6.71. The van der Waals surface area contributed by atoms with Crippen molar-refractivity contribution in [3.05, 3.63) is 97.5 Å². The average Bonchev–Trinajstić information content (AvgIpc) is 3.44. The first kappa shape index (κ1) is 18.1. The standard InChI is InChI=1S/C29H16N4S/c1-2-10-24-18(7-1)19-11-12-21-25(29(19)34-24)28-22(9-5-15-32-28)33(21)23-16-17-6-3-13-30-26(17)27-20(23)8-4-14-31-27/h1-16H. The van der Waals surface area contributed by atoms with E-state index >= 15 is 0 Å². The summed E-state index contributed by atoms with van der Waals surface area (Å²) in [5, 5.41) is 5.94. The number of rotatable bonds is 1. The Hall–Kier alpha value is -4.35. The first-order valence-corrected chi connectivity index (χ1v) is 12.0. The molecule has 5 heterocycles. The van der Waals surface area contributed by atoms with Crippen molar-refractivity contribution < 1.29 is 0 Å². The van der Waals surface area contributed by atoms with E-state index < -0.39 is 0 Å². The number of thiophene rings is 1. The van der Waals surface area contributed by atoms with Gasteiger partial charge in [0.25, 0.3) is 0 Å². The van der Waals surface area contributed by atoms with Crippen LogP contribution in [0.5, 0.6) is 0 Å². The van der Waals surface area contributed by atoms with E-state index in [0.29, 0.717) is 0 Å². The van der Waals surface area contributed by atoms with Gasteiger partial charge in [-0.3, -0.25) is 15.0 Å². The molecule has 5 heteroatoms. The summed E-state index contributed by atoms with van der Waals surface area (Å²) in [4.78, 5) is 14.2. The maximum absolute atomic E-state index is 4.88. The van der Waals surface area contributed by atoms with Crippen molar-refractivity contribution in [2.45, 2.75) is 0 Å². The Morgan fingerprint density at radius 3 is 2.29 bits per heavy atom. The Labute approximate surface area is 197 Å². The van der Waals surface area contributed by atoms with Crippen molar-refractivity contribution in [2.24, 2.45) is 0 Å². The van der Waals surface area contributed by atoms with Gasteiger partial charge < -0.3 is 4.57 Å². The summed E-state index contributed by atoms with van der Waals surface area (Å²) in [6.07, 6.45) is 5.56. The van der Waals surface area contributed by atoms with Crippen LogP contribution in [-0.4, -0.2) is 19.5 Å². The number of hydrogen-bond acceptors (Lipinski definition) is 4. The number of pyridine rings is 3. The van der Waals surface area contributed by atoms with E-state index in [1.54, 1.807) is 0 Å². The van der Waals surface area contributed by atoms with Crippen LogP contribution in [0.2, 0.25) is 0 Å². The van der Waals surface area contributed by atoms with Crippen molar-refractivity contribution in [1.29, 1.82) is 0 Å². The molecule has 4 nitrogen and oxygen atoms in total. The lowest BCUT2D eigenvalue weighted by atomic mass is 10.1. The normalized spacial score (nSPS) is 12.1. The predicted octanol–water partition coefficient (Wildman–Crippen LogP) is 7.64. The molecule has 0 saturated heterocycles. The number of nitrogens with zero attached hydrogens (tertiary/aromatic N) is 4. The molecule has 0 saturated carbocycles. The van der Waals surface area contributed by atoms with Gasteiger partial charge >= 0.3 is 0 Å². The first-order chi connectivity index (χ1) is 16.9. The molecule has 5 aromatic heterocycles. The predicted molar refractivity (Wildman–Crippen MR) is 142 cm³/mol. The summed E-state index contributed by atoms with van der Waals surface area (Å²) in [7, 11) is 0. The van der Waals surface area contributed by atoms with Gasteiger partial charge in [0, 0.05) is 54.9 Å². The Kier molecular flexibility index (Phi) is 3.51. The van der Waals surface area contributed by atoms with E-state index in [1.807, 2.05) is 48.1 Å². The van der Waals surface area contributed by atoms with E-state index in [1.165, 1.54) is 25.6 Å². The number of fused-ring (bicyclic) bond motifs is 10. The fourth-order valence-corrected chi connectivity index (χ4v) is 6.54. The van der Waals surface area contributed by atoms with E-state index in [0.717, 1.165) is 44.0 Å². The number of benzene rings is 3. The monoisotopic (exact) mass is 452 g/mol. The van der Waals surface area contributed by atoms with Crippen LogP contribution >= 0.6 is 11.3 Å². The Morgan fingerprint density at radius 2 is 1.35 bits per heavy atom. The summed E-state index contributed by atoms with van der Waals surface area (Å²) in [5.74, 6) is 0. The van der Waals surface area contributed by atoms with Crippen LogP contribution < -0.4 is 0 Å². The number of aromatic nitrogens is 4. The van der Waals surface area contributed by atoms with Crippen LogP contribution in [0.3, 0.4) is 0 Å². The second-order valence-corrected chi connectivity index (χ2v) is 9.56. The van der Waals surface area contributed by atoms with Crippen molar-refractivity contribution in [3.8, 4) is 5.69 Å². The molecule has 0 aliphatic heterocycles. The molecule has 0 unspecified atom stereocenters. The minimum Gasteiger partial charge on any atom is -0.307 e. The molecule has 3 aromatic carbocycles. The second kappa shape index (κ2) is 6.59. The Bertz CT molecular complexity index is 2080. The second-order valence-electron chi connectivity index (χ2n) is 8.51. The minimum absolute atomic E-state index is 0.914. The summed E-state index contributed by atoms with van der Waals surface area (Å²) < 4.78 is 4.93. The molecule has 0 atom stereocenters. The van der Waals surface area contributed by atoms with Crippen molar-refractivity contribution in [3.63, 3.8) is 0 Å². The summed E-state index contributed by atoms with van der Waals surface area (Å²) in [6, 6.07) is 27.8. The third-order valence-corrected chi connectivity index (χ3v) is 7.91. The molecule has 0 aliphatic rings. The molecule has 8 aromatic rings. The maximum Gasteiger partial charge on any atom is 0.0985 e. The zero-order chi connectivity index (χ0) is 22.2. The highest BCUT2D eigenvalue weighted by Gasteiger charge is 2.20. The molecule has 0 spiro atoms. The molecule has 34 heavy (non-hydrogen) atoms. The van der Waals surface area contributed by atoms with Gasteiger partial charge in [-0.05, 0) is 48.5 Å². The summed E-state index contributed by atoms with van der Waals surface area (Å²) >= 11 is 1.85.